The van der Waals surface area contributed by atoms with Crippen molar-refractivity contribution in [2.24, 2.45) is 5.10 Å². The minimum atomic E-state index is -0.263. The summed E-state index contributed by atoms with van der Waals surface area (Å²) in [6.07, 6.45) is 5.13. The Hall–Kier alpha value is -3.28. The number of pyridine rings is 1. The summed E-state index contributed by atoms with van der Waals surface area (Å²) in [5.41, 5.74) is 5.66. The Morgan fingerprint density at radius 2 is 2.12 bits per heavy atom. The maximum Gasteiger partial charge on any atom is 0.271 e. The molecule has 0 unspecified atom stereocenters. The number of amides is 1. The highest BCUT2D eigenvalue weighted by molar-refractivity contribution is 5.94. The van der Waals surface area contributed by atoms with E-state index >= 15 is 0 Å². The van der Waals surface area contributed by atoms with Crippen molar-refractivity contribution < 1.29 is 4.79 Å². The molecule has 0 atom stereocenters. The molecule has 0 saturated heterocycles. The zero-order valence-corrected chi connectivity index (χ0v) is 13.3. The van der Waals surface area contributed by atoms with Crippen LogP contribution in [-0.2, 0) is 6.54 Å². The number of nitrogens with one attached hydrogen (secondary N) is 1. The minimum absolute atomic E-state index is 0.263. The molecule has 6 nitrogen and oxygen atoms in total. The van der Waals surface area contributed by atoms with Crippen LogP contribution in [0.3, 0.4) is 0 Å². The van der Waals surface area contributed by atoms with Crippen LogP contribution in [0.2, 0.25) is 0 Å². The van der Waals surface area contributed by atoms with Crippen molar-refractivity contribution in [1.82, 2.24) is 20.2 Å². The molecule has 0 radical (unpaired) electrons. The van der Waals surface area contributed by atoms with Gasteiger partial charge in [-0.1, -0.05) is 18.2 Å². The van der Waals surface area contributed by atoms with Gasteiger partial charge in [-0.25, -0.2) is 5.43 Å². The second kappa shape index (κ2) is 7.32. The van der Waals surface area contributed by atoms with Crippen LogP contribution in [0, 0.1) is 6.92 Å². The molecule has 1 N–H and O–H groups in total. The first kappa shape index (κ1) is 15.6. The normalized spacial score (nSPS) is 10.9. The maximum atomic E-state index is 12.2. The Kier molecular flexibility index (Phi) is 4.76. The zero-order chi connectivity index (χ0) is 16.8. The van der Waals surface area contributed by atoms with Crippen molar-refractivity contribution in [2.75, 3.05) is 0 Å². The van der Waals surface area contributed by atoms with Crippen molar-refractivity contribution in [3.63, 3.8) is 0 Å². The van der Waals surface area contributed by atoms with Crippen LogP contribution >= 0.6 is 0 Å². The molecule has 0 saturated carbocycles. The Morgan fingerprint density at radius 1 is 1.25 bits per heavy atom. The van der Waals surface area contributed by atoms with Gasteiger partial charge in [0.15, 0.2) is 0 Å². The third kappa shape index (κ3) is 4.13. The fraction of sp³-hybridized carbons (Fsp3) is 0.111. The number of hydrogen-bond donors (Lipinski definition) is 1. The van der Waals surface area contributed by atoms with Gasteiger partial charge in [0.1, 0.15) is 0 Å². The van der Waals surface area contributed by atoms with Crippen LogP contribution in [-0.4, -0.2) is 26.9 Å². The Balaban J connectivity index is 1.64. The predicted octanol–water partition coefficient (Wildman–Crippen LogP) is 2.40. The van der Waals surface area contributed by atoms with E-state index in [0.29, 0.717) is 17.8 Å². The first-order chi connectivity index (χ1) is 11.7. The summed E-state index contributed by atoms with van der Waals surface area (Å²) in [6, 6.07) is 14.9. The number of aryl methyl sites for hydroxylation is 1. The van der Waals surface area contributed by atoms with E-state index < -0.39 is 0 Å². The highest BCUT2D eigenvalue weighted by atomic mass is 16.2. The van der Waals surface area contributed by atoms with Gasteiger partial charge >= 0.3 is 0 Å². The highest BCUT2D eigenvalue weighted by Crippen LogP contribution is 2.07. The van der Waals surface area contributed by atoms with E-state index in [1.807, 2.05) is 55.6 Å². The molecule has 0 spiro atoms. The quantitative estimate of drug-likeness (QED) is 0.580. The second-order valence-electron chi connectivity index (χ2n) is 5.31. The molecule has 0 aliphatic heterocycles. The largest absolute Gasteiger partial charge is 0.271 e. The van der Waals surface area contributed by atoms with E-state index in [1.54, 1.807) is 16.9 Å². The molecule has 6 heteroatoms. The number of nitrogens with zero attached hydrogens (tertiary/aromatic N) is 4. The second-order valence-corrected chi connectivity index (χ2v) is 5.31. The summed E-state index contributed by atoms with van der Waals surface area (Å²) in [6.45, 7) is 2.52. The minimum Gasteiger partial charge on any atom is -0.268 e. The molecular weight excluding hydrogens is 302 g/mol. The summed E-state index contributed by atoms with van der Waals surface area (Å²) in [7, 11) is 0. The van der Waals surface area contributed by atoms with E-state index in [2.05, 4.69) is 20.6 Å². The Bertz CT molecular complexity index is 855. The fourth-order valence-electron chi connectivity index (χ4n) is 2.25. The van der Waals surface area contributed by atoms with E-state index in [4.69, 9.17) is 0 Å². The summed E-state index contributed by atoms with van der Waals surface area (Å²) >= 11 is 0. The van der Waals surface area contributed by atoms with Gasteiger partial charge in [-0.15, -0.1) is 0 Å². The van der Waals surface area contributed by atoms with Crippen molar-refractivity contribution in [1.29, 1.82) is 0 Å². The first-order valence-electron chi connectivity index (χ1n) is 7.54. The average molecular weight is 319 g/mol. The van der Waals surface area contributed by atoms with Gasteiger partial charge in [0.05, 0.1) is 18.5 Å². The predicted molar refractivity (Wildman–Crippen MR) is 91.8 cm³/mol. The number of carbonyl (C=O) groups is 1. The van der Waals surface area contributed by atoms with Gasteiger partial charge in [-0.2, -0.15) is 10.2 Å². The van der Waals surface area contributed by atoms with E-state index in [0.717, 1.165) is 11.3 Å². The number of hydrogen-bond acceptors (Lipinski definition) is 4. The van der Waals surface area contributed by atoms with Crippen molar-refractivity contribution in [3.8, 4) is 0 Å². The molecule has 0 fully saturated rings. The molecule has 1 amide bonds. The Labute approximate surface area is 139 Å². The van der Waals surface area contributed by atoms with Crippen LogP contribution in [0.1, 0.15) is 27.3 Å². The lowest BCUT2D eigenvalue weighted by molar-refractivity contribution is 0.0955. The van der Waals surface area contributed by atoms with E-state index in [1.165, 1.54) is 6.21 Å². The smallest absolute Gasteiger partial charge is 0.268 e. The SMILES string of the molecule is Cc1cccc(/C=N/NC(=O)c2cccc(Cn3cccn3)c2)n1. The van der Waals surface area contributed by atoms with Crippen molar-refractivity contribution >= 4 is 12.1 Å². The lowest BCUT2D eigenvalue weighted by Crippen LogP contribution is -2.18. The van der Waals surface area contributed by atoms with Gasteiger partial charge < -0.3 is 0 Å². The maximum absolute atomic E-state index is 12.2. The molecular formula is C18H17N5O. The van der Waals surface area contributed by atoms with Gasteiger partial charge in [0.25, 0.3) is 5.91 Å². The molecule has 0 aliphatic rings. The van der Waals surface area contributed by atoms with Crippen LogP contribution in [0.25, 0.3) is 0 Å². The third-order valence-corrected chi connectivity index (χ3v) is 3.37. The van der Waals surface area contributed by atoms with Crippen LogP contribution in [0.15, 0.2) is 66.0 Å². The van der Waals surface area contributed by atoms with Gasteiger partial charge in [-0.05, 0) is 42.8 Å². The molecule has 0 bridgehead atoms. The first-order valence-corrected chi connectivity index (χ1v) is 7.54. The summed E-state index contributed by atoms with van der Waals surface area (Å²) in [4.78, 5) is 16.5. The zero-order valence-electron chi connectivity index (χ0n) is 13.3. The van der Waals surface area contributed by atoms with Crippen LogP contribution < -0.4 is 5.43 Å². The lowest BCUT2D eigenvalue weighted by Gasteiger charge is -2.05. The van der Waals surface area contributed by atoms with Crippen LogP contribution in [0.5, 0.6) is 0 Å². The molecule has 24 heavy (non-hydrogen) atoms. The Morgan fingerprint density at radius 3 is 2.92 bits per heavy atom. The molecule has 2 heterocycles. The standard InChI is InChI=1S/C18H17N5O/c1-14-5-2-8-17(21-14)12-19-22-18(24)16-7-3-6-15(11-16)13-23-10-4-9-20-23/h2-12H,13H2,1H3,(H,22,24)/b19-12+. The fourth-order valence-corrected chi connectivity index (χ4v) is 2.25. The summed E-state index contributed by atoms with van der Waals surface area (Å²) in [5, 5.41) is 8.12. The number of hydrazone groups is 1. The molecule has 3 rings (SSSR count). The monoisotopic (exact) mass is 319 g/mol. The van der Waals surface area contributed by atoms with E-state index in [9.17, 15) is 4.79 Å². The van der Waals surface area contributed by atoms with Gasteiger partial charge in [0.2, 0.25) is 0 Å². The van der Waals surface area contributed by atoms with Gasteiger partial charge in [0, 0.05) is 23.7 Å². The number of aromatic nitrogens is 3. The number of benzene rings is 1. The number of carbonyl (C=O) groups excluding carboxylic acids is 1. The molecule has 120 valence electrons. The summed E-state index contributed by atoms with van der Waals surface area (Å²) < 4.78 is 1.80. The van der Waals surface area contributed by atoms with Crippen LogP contribution in [0.4, 0.5) is 0 Å². The average Bonchev–Trinajstić information content (AvgIpc) is 3.08. The number of rotatable bonds is 5. The molecule has 3 aromatic rings. The van der Waals surface area contributed by atoms with Crippen molar-refractivity contribution in [2.45, 2.75) is 13.5 Å². The molecule has 2 aromatic heterocycles. The summed E-state index contributed by atoms with van der Waals surface area (Å²) in [5.74, 6) is -0.263. The lowest BCUT2D eigenvalue weighted by atomic mass is 10.1. The molecule has 1 aromatic carbocycles. The topological polar surface area (TPSA) is 72.2 Å². The third-order valence-electron chi connectivity index (χ3n) is 3.37. The highest BCUT2D eigenvalue weighted by Gasteiger charge is 2.05. The van der Waals surface area contributed by atoms with Gasteiger partial charge in [-0.3, -0.25) is 14.5 Å². The molecule has 0 aliphatic carbocycles. The van der Waals surface area contributed by atoms with E-state index in [-0.39, 0.29) is 5.91 Å². The van der Waals surface area contributed by atoms with Crippen molar-refractivity contribution in [3.05, 3.63) is 83.4 Å².